The van der Waals surface area contributed by atoms with Gasteiger partial charge in [-0.05, 0) is 70.8 Å². The van der Waals surface area contributed by atoms with E-state index in [4.69, 9.17) is 4.74 Å². The molecule has 1 aliphatic rings. The van der Waals surface area contributed by atoms with Crippen LogP contribution >= 0.6 is 0 Å². The largest absolute Gasteiger partial charge is 0.507 e. The van der Waals surface area contributed by atoms with Crippen molar-refractivity contribution in [3.8, 4) is 45.3 Å². The fourth-order valence-corrected chi connectivity index (χ4v) is 3.94. The second-order valence-electron chi connectivity index (χ2n) is 8.11. The Morgan fingerprint density at radius 1 is 0.528 bits per heavy atom. The Morgan fingerprint density at radius 2 is 0.889 bits per heavy atom. The predicted molar refractivity (Wildman–Crippen MR) is 120 cm³/mol. The fourth-order valence-electron chi connectivity index (χ4n) is 3.94. The lowest BCUT2D eigenvalue weighted by Gasteiger charge is -2.23. The number of phenolic OH excluding ortho intramolecular Hbond substituents is 2. The highest BCUT2D eigenvalue weighted by molar-refractivity contribution is 5.82. The molecule has 3 N–H and O–H groups in total. The van der Waals surface area contributed by atoms with Crippen molar-refractivity contribution < 1.29 is 41.3 Å². The normalized spacial score (nSPS) is 12.8. The van der Waals surface area contributed by atoms with Crippen molar-refractivity contribution >= 4 is 11.4 Å². The zero-order valence-corrected chi connectivity index (χ0v) is 18.0. The van der Waals surface area contributed by atoms with Gasteiger partial charge in [0, 0.05) is 0 Å². The number of hydrogen-bond donors (Lipinski definition) is 3. The molecule has 4 aromatic carbocycles. The molecular formula is C26H15F6NO3. The van der Waals surface area contributed by atoms with Crippen molar-refractivity contribution in [1.29, 1.82) is 0 Å². The molecule has 5 rings (SSSR count). The monoisotopic (exact) mass is 503 g/mol. The Balaban J connectivity index is 1.45. The maximum absolute atomic E-state index is 12.9. The van der Waals surface area contributed by atoms with Crippen LogP contribution in [0.5, 0.6) is 23.0 Å². The Labute approximate surface area is 200 Å². The van der Waals surface area contributed by atoms with Crippen LogP contribution in [0.15, 0.2) is 72.8 Å². The van der Waals surface area contributed by atoms with Gasteiger partial charge >= 0.3 is 12.4 Å². The topological polar surface area (TPSA) is 61.7 Å². The standard InChI is InChI=1S/C26H15F6NO3/c27-25(28,29)17-5-1-13(9-21(17)34)15-3-7-19-23(11-15)36-24-12-16(4-8-20(24)33-19)14-2-6-18(22(35)10-14)26(30,31)32/h1-12,33-35H. The highest BCUT2D eigenvalue weighted by Gasteiger charge is 2.34. The van der Waals surface area contributed by atoms with Crippen LogP contribution in [-0.2, 0) is 12.4 Å². The van der Waals surface area contributed by atoms with Gasteiger partial charge in [-0.15, -0.1) is 0 Å². The molecule has 4 nitrogen and oxygen atoms in total. The van der Waals surface area contributed by atoms with Gasteiger partial charge in [-0.2, -0.15) is 26.3 Å². The SMILES string of the molecule is Oc1cc(-c2ccc3c(c2)Oc2cc(-c4ccc(C(F)(F)F)c(O)c4)ccc2N3)ccc1C(F)(F)F. The first-order valence-electron chi connectivity index (χ1n) is 10.4. The van der Waals surface area contributed by atoms with Crippen LogP contribution in [0.2, 0.25) is 0 Å². The number of fused-ring (bicyclic) bond motifs is 2. The molecule has 0 aliphatic carbocycles. The summed E-state index contributed by atoms with van der Waals surface area (Å²) in [5.41, 5.74) is 0.553. The van der Waals surface area contributed by atoms with E-state index >= 15 is 0 Å². The summed E-state index contributed by atoms with van der Waals surface area (Å²) in [6.07, 6.45) is -9.37. The number of halogens is 6. The molecule has 10 heteroatoms. The van der Waals surface area contributed by atoms with Gasteiger partial charge in [0.25, 0.3) is 0 Å². The Hall–Kier alpha value is -4.34. The lowest BCUT2D eigenvalue weighted by molar-refractivity contribution is -0.139. The van der Waals surface area contributed by atoms with E-state index in [-0.39, 0.29) is 0 Å². The van der Waals surface area contributed by atoms with Crippen LogP contribution in [0.25, 0.3) is 22.3 Å². The number of phenols is 2. The Morgan fingerprint density at radius 3 is 1.25 bits per heavy atom. The molecule has 1 heterocycles. The number of anilines is 2. The van der Waals surface area contributed by atoms with Crippen LogP contribution in [-0.4, -0.2) is 10.2 Å². The molecule has 0 fully saturated rings. The number of benzene rings is 4. The van der Waals surface area contributed by atoms with Gasteiger partial charge in [-0.25, -0.2) is 0 Å². The minimum Gasteiger partial charge on any atom is -0.507 e. The summed E-state index contributed by atoms with van der Waals surface area (Å²) in [5, 5.41) is 22.8. The third-order valence-corrected chi connectivity index (χ3v) is 5.73. The molecule has 0 amide bonds. The van der Waals surface area contributed by atoms with Gasteiger partial charge in [-0.1, -0.05) is 24.3 Å². The van der Waals surface area contributed by atoms with Crippen LogP contribution < -0.4 is 10.1 Å². The third-order valence-electron chi connectivity index (χ3n) is 5.73. The Kier molecular flexibility index (Phi) is 5.27. The van der Waals surface area contributed by atoms with E-state index in [1.54, 1.807) is 36.4 Å². The summed E-state index contributed by atoms with van der Waals surface area (Å²) in [7, 11) is 0. The summed E-state index contributed by atoms with van der Waals surface area (Å²) in [6.45, 7) is 0. The minimum atomic E-state index is -4.68. The molecule has 0 saturated carbocycles. The molecule has 0 atom stereocenters. The summed E-state index contributed by atoms with van der Waals surface area (Å²) in [4.78, 5) is 0. The van der Waals surface area contributed by atoms with Crippen molar-refractivity contribution in [2.45, 2.75) is 12.4 Å². The maximum Gasteiger partial charge on any atom is 0.419 e. The predicted octanol–water partition coefficient (Wildman–Crippen LogP) is 8.32. The summed E-state index contributed by atoms with van der Waals surface area (Å²) in [5.74, 6) is -1.09. The summed E-state index contributed by atoms with van der Waals surface area (Å²) >= 11 is 0. The van der Waals surface area contributed by atoms with Crippen molar-refractivity contribution in [2.75, 3.05) is 5.32 Å². The maximum atomic E-state index is 12.9. The average Bonchev–Trinajstić information content (AvgIpc) is 2.80. The highest BCUT2D eigenvalue weighted by Crippen LogP contribution is 2.46. The van der Waals surface area contributed by atoms with Gasteiger partial charge in [0.15, 0.2) is 11.5 Å². The van der Waals surface area contributed by atoms with Gasteiger partial charge in [0.1, 0.15) is 11.5 Å². The van der Waals surface area contributed by atoms with Gasteiger partial charge in [0.2, 0.25) is 0 Å². The molecule has 36 heavy (non-hydrogen) atoms. The minimum absolute atomic E-state index is 0.340. The van der Waals surface area contributed by atoms with E-state index < -0.39 is 35.0 Å². The lowest BCUT2D eigenvalue weighted by Crippen LogP contribution is -2.05. The van der Waals surface area contributed by atoms with Crippen LogP contribution in [0, 0.1) is 0 Å². The quantitative estimate of drug-likeness (QED) is 0.212. The van der Waals surface area contributed by atoms with Gasteiger partial charge in [-0.3, -0.25) is 0 Å². The van der Waals surface area contributed by atoms with E-state index in [0.717, 1.165) is 24.3 Å². The van der Waals surface area contributed by atoms with Crippen molar-refractivity contribution in [3.63, 3.8) is 0 Å². The molecule has 0 bridgehead atoms. The number of hydrogen-bond acceptors (Lipinski definition) is 4. The molecule has 1 aliphatic heterocycles. The first-order chi connectivity index (χ1) is 16.9. The molecule has 0 spiro atoms. The zero-order valence-electron chi connectivity index (χ0n) is 18.0. The number of rotatable bonds is 2. The van der Waals surface area contributed by atoms with Crippen LogP contribution in [0.4, 0.5) is 37.7 Å². The van der Waals surface area contributed by atoms with E-state index in [2.05, 4.69) is 5.32 Å². The van der Waals surface area contributed by atoms with Crippen molar-refractivity contribution in [1.82, 2.24) is 0 Å². The molecule has 0 aromatic heterocycles. The molecule has 0 radical (unpaired) electrons. The lowest BCUT2D eigenvalue weighted by atomic mass is 10.0. The molecular weight excluding hydrogens is 488 g/mol. The Bertz CT molecular complexity index is 1380. The van der Waals surface area contributed by atoms with E-state index in [1.807, 2.05) is 0 Å². The first kappa shape index (κ1) is 23.4. The van der Waals surface area contributed by atoms with Crippen LogP contribution in [0.3, 0.4) is 0 Å². The van der Waals surface area contributed by atoms with Gasteiger partial charge in [0.05, 0.1) is 22.5 Å². The number of alkyl halides is 6. The molecule has 0 unspecified atom stereocenters. The number of nitrogens with one attached hydrogen (secondary N) is 1. The second-order valence-corrected chi connectivity index (χ2v) is 8.11. The first-order valence-corrected chi connectivity index (χ1v) is 10.4. The third kappa shape index (κ3) is 4.26. The molecule has 4 aromatic rings. The second kappa shape index (κ2) is 8.11. The van der Waals surface area contributed by atoms with E-state index in [9.17, 15) is 36.6 Å². The van der Waals surface area contributed by atoms with Gasteiger partial charge < -0.3 is 20.3 Å². The van der Waals surface area contributed by atoms with E-state index in [1.165, 1.54) is 12.1 Å². The number of aromatic hydroxyl groups is 2. The average molecular weight is 503 g/mol. The molecule has 184 valence electrons. The highest BCUT2D eigenvalue weighted by atomic mass is 19.4. The zero-order chi connectivity index (χ0) is 25.8. The fraction of sp³-hybridized carbons (Fsp3) is 0.0769. The number of ether oxygens (including phenoxy) is 1. The van der Waals surface area contributed by atoms with Crippen molar-refractivity contribution in [3.05, 3.63) is 83.9 Å². The summed E-state index contributed by atoms with van der Waals surface area (Å²) in [6, 6.07) is 15.9. The summed E-state index contributed by atoms with van der Waals surface area (Å²) < 4.78 is 83.6. The van der Waals surface area contributed by atoms with Crippen molar-refractivity contribution in [2.24, 2.45) is 0 Å². The van der Waals surface area contributed by atoms with E-state index in [0.29, 0.717) is 45.1 Å². The molecule has 0 saturated heterocycles. The smallest absolute Gasteiger partial charge is 0.419 e. The van der Waals surface area contributed by atoms with Crippen LogP contribution in [0.1, 0.15) is 11.1 Å².